The number of esters is 1. The second-order valence-corrected chi connectivity index (χ2v) is 4.76. The molecular formula is C13H18ClN3O2. The second kappa shape index (κ2) is 6.21. The van der Waals surface area contributed by atoms with Gasteiger partial charge in [0, 0.05) is 31.7 Å². The molecule has 2 heterocycles. The van der Waals surface area contributed by atoms with Crippen LogP contribution in [0.5, 0.6) is 0 Å². The molecule has 1 N–H and O–H groups in total. The first-order chi connectivity index (χ1) is 9.13. The summed E-state index contributed by atoms with van der Waals surface area (Å²) in [5.74, 6) is 0.390. The predicted octanol–water partition coefficient (Wildman–Crippen LogP) is 1.63. The minimum Gasteiger partial charge on any atom is -0.462 e. The number of hydrogen-bond donors (Lipinski definition) is 1. The minimum absolute atomic E-state index is 0.347. The number of piperazine rings is 1. The molecule has 0 unspecified atom stereocenters. The van der Waals surface area contributed by atoms with E-state index in [2.05, 4.69) is 15.2 Å². The van der Waals surface area contributed by atoms with Gasteiger partial charge < -0.3 is 15.0 Å². The smallest absolute Gasteiger partial charge is 0.338 e. The van der Waals surface area contributed by atoms with Crippen LogP contribution in [0.3, 0.4) is 0 Å². The lowest BCUT2D eigenvalue weighted by Crippen LogP contribution is -2.44. The number of aromatic nitrogens is 1. The number of pyridine rings is 1. The van der Waals surface area contributed by atoms with E-state index >= 15 is 0 Å². The van der Waals surface area contributed by atoms with Gasteiger partial charge in [-0.05, 0) is 19.9 Å². The molecule has 0 aromatic carbocycles. The number of rotatable bonds is 3. The van der Waals surface area contributed by atoms with Gasteiger partial charge in [0.1, 0.15) is 11.0 Å². The third-order valence-electron chi connectivity index (χ3n) is 3.14. The lowest BCUT2D eigenvalue weighted by Gasteiger charge is -2.29. The molecular weight excluding hydrogens is 266 g/mol. The van der Waals surface area contributed by atoms with Crippen LogP contribution >= 0.6 is 11.6 Å². The highest BCUT2D eigenvalue weighted by atomic mass is 35.5. The first-order valence-electron chi connectivity index (χ1n) is 6.43. The maximum Gasteiger partial charge on any atom is 0.338 e. The molecule has 0 bridgehead atoms. The second-order valence-electron chi connectivity index (χ2n) is 4.40. The fraction of sp³-hybridized carbons (Fsp3) is 0.538. The number of hydrogen-bond acceptors (Lipinski definition) is 5. The Kier molecular flexibility index (Phi) is 4.61. The summed E-state index contributed by atoms with van der Waals surface area (Å²) in [6, 6.07) is 1.77. The largest absolute Gasteiger partial charge is 0.462 e. The number of halogens is 1. The van der Waals surface area contributed by atoms with Crippen molar-refractivity contribution in [2.45, 2.75) is 13.8 Å². The Morgan fingerprint density at radius 1 is 1.53 bits per heavy atom. The van der Waals surface area contributed by atoms with Crippen molar-refractivity contribution in [1.29, 1.82) is 0 Å². The van der Waals surface area contributed by atoms with Gasteiger partial charge in [-0.1, -0.05) is 11.6 Å². The third-order valence-corrected chi connectivity index (χ3v) is 3.50. The quantitative estimate of drug-likeness (QED) is 0.675. The first kappa shape index (κ1) is 14.1. The van der Waals surface area contributed by atoms with Gasteiger partial charge in [0.25, 0.3) is 0 Å². The number of carbonyl (C=O) groups is 1. The van der Waals surface area contributed by atoms with Gasteiger partial charge in [-0.25, -0.2) is 9.78 Å². The Labute approximate surface area is 117 Å². The molecule has 19 heavy (non-hydrogen) atoms. The van der Waals surface area contributed by atoms with Gasteiger partial charge >= 0.3 is 5.97 Å². The molecule has 0 aliphatic carbocycles. The zero-order valence-corrected chi connectivity index (χ0v) is 12.0. The Bertz CT molecular complexity index is 473. The van der Waals surface area contributed by atoms with Gasteiger partial charge in [0.2, 0.25) is 0 Å². The van der Waals surface area contributed by atoms with Crippen molar-refractivity contribution in [3.8, 4) is 0 Å². The van der Waals surface area contributed by atoms with E-state index < -0.39 is 0 Å². The highest BCUT2D eigenvalue weighted by molar-refractivity contribution is 6.30. The van der Waals surface area contributed by atoms with Gasteiger partial charge in [-0.15, -0.1) is 0 Å². The summed E-state index contributed by atoms with van der Waals surface area (Å²) in [6.07, 6.45) is 0. The van der Waals surface area contributed by atoms with Gasteiger partial charge in [0.05, 0.1) is 12.2 Å². The van der Waals surface area contributed by atoms with Crippen LogP contribution in [0.15, 0.2) is 6.07 Å². The molecule has 1 fully saturated rings. The zero-order chi connectivity index (χ0) is 13.8. The monoisotopic (exact) mass is 283 g/mol. The van der Waals surface area contributed by atoms with E-state index in [1.165, 1.54) is 0 Å². The maximum atomic E-state index is 11.9. The number of carbonyl (C=O) groups excluding carboxylic acids is 1. The van der Waals surface area contributed by atoms with Crippen LogP contribution in [0, 0.1) is 6.92 Å². The van der Waals surface area contributed by atoms with E-state index in [1.54, 1.807) is 19.9 Å². The first-order valence-corrected chi connectivity index (χ1v) is 6.81. The summed E-state index contributed by atoms with van der Waals surface area (Å²) < 4.78 is 5.05. The van der Waals surface area contributed by atoms with E-state index in [-0.39, 0.29) is 5.97 Å². The number of anilines is 1. The molecule has 1 aromatic rings. The Morgan fingerprint density at radius 3 is 2.84 bits per heavy atom. The summed E-state index contributed by atoms with van der Waals surface area (Å²) in [5.41, 5.74) is 1.16. The molecule has 5 nitrogen and oxygen atoms in total. The predicted molar refractivity (Wildman–Crippen MR) is 75.0 cm³/mol. The molecule has 1 aliphatic heterocycles. The molecule has 2 rings (SSSR count). The molecule has 0 radical (unpaired) electrons. The van der Waals surface area contributed by atoms with Crippen LogP contribution in [-0.4, -0.2) is 43.7 Å². The van der Waals surface area contributed by atoms with Crippen LogP contribution in [0.2, 0.25) is 5.15 Å². The van der Waals surface area contributed by atoms with Crippen molar-refractivity contribution < 1.29 is 9.53 Å². The molecule has 0 amide bonds. The number of nitrogens with zero attached hydrogens (tertiary/aromatic N) is 2. The molecule has 1 saturated heterocycles. The van der Waals surface area contributed by atoms with Crippen LogP contribution in [0.1, 0.15) is 22.8 Å². The van der Waals surface area contributed by atoms with E-state index in [4.69, 9.17) is 16.3 Å². The molecule has 1 aliphatic rings. The maximum absolute atomic E-state index is 11.9. The Morgan fingerprint density at radius 2 is 2.21 bits per heavy atom. The van der Waals surface area contributed by atoms with E-state index in [1.807, 2.05) is 0 Å². The van der Waals surface area contributed by atoms with Gasteiger partial charge in [-0.2, -0.15) is 0 Å². The number of nitrogens with one attached hydrogen (secondary N) is 1. The Balaban J connectivity index is 2.32. The summed E-state index contributed by atoms with van der Waals surface area (Å²) in [4.78, 5) is 18.4. The minimum atomic E-state index is -0.347. The average Bonchev–Trinajstić information content (AvgIpc) is 2.43. The standard InChI is InChI=1S/C13H18ClN3O2/c1-3-19-13(18)10-8-11(16-12(14)9(10)2)17-6-4-15-5-7-17/h8,15H,3-7H2,1-2H3. The van der Waals surface area contributed by atoms with Gasteiger partial charge in [0.15, 0.2) is 0 Å². The Hall–Kier alpha value is -1.33. The summed E-state index contributed by atoms with van der Waals surface area (Å²) >= 11 is 6.12. The van der Waals surface area contributed by atoms with Gasteiger partial charge in [-0.3, -0.25) is 0 Å². The molecule has 6 heteroatoms. The van der Waals surface area contributed by atoms with Crippen molar-refractivity contribution in [1.82, 2.24) is 10.3 Å². The summed E-state index contributed by atoms with van der Waals surface area (Å²) in [7, 11) is 0. The highest BCUT2D eigenvalue weighted by Gasteiger charge is 2.19. The van der Waals surface area contributed by atoms with E-state index in [0.717, 1.165) is 32.0 Å². The lowest BCUT2D eigenvalue weighted by atomic mass is 10.1. The average molecular weight is 284 g/mol. The molecule has 104 valence electrons. The molecule has 0 saturated carbocycles. The van der Waals surface area contributed by atoms with Crippen molar-refractivity contribution in [3.63, 3.8) is 0 Å². The third kappa shape index (κ3) is 3.16. The molecule has 0 spiro atoms. The number of ether oxygens (including phenoxy) is 1. The van der Waals surface area contributed by atoms with Crippen molar-refractivity contribution in [2.75, 3.05) is 37.7 Å². The van der Waals surface area contributed by atoms with Crippen molar-refractivity contribution in [2.24, 2.45) is 0 Å². The fourth-order valence-electron chi connectivity index (χ4n) is 2.04. The fourth-order valence-corrected chi connectivity index (χ4v) is 2.23. The van der Waals surface area contributed by atoms with Crippen LogP contribution in [0.4, 0.5) is 5.82 Å². The lowest BCUT2D eigenvalue weighted by molar-refractivity contribution is 0.0525. The van der Waals surface area contributed by atoms with E-state index in [0.29, 0.717) is 22.9 Å². The topological polar surface area (TPSA) is 54.5 Å². The normalized spacial score (nSPS) is 15.4. The van der Waals surface area contributed by atoms with Crippen molar-refractivity contribution >= 4 is 23.4 Å². The zero-order valence-electron chi connectivity index (χ0n) is 11.2. The summed E-state index contributed by atoms with van der Waals surface area (Å²) in [6.45, 7) is 7.44. The van der Waals surface area contributed by atoms with Crippen LogP contribution in [-0.2, 0) is 4.74 Å². The molecule has 1 aromatic heterocycles. The van der Waals surface area contributed by atoms with E-state index in [9.17, 15) is 4.79 Å². The molecule has 0 atom stereocenters. The SMILES string of the molecule is CCOC(=O)c1cc(N2CCNCC2)nc(Cl)c1C. The van der Waals surface area contributed by atoms with Crippen LogP contribution in [0.25, 0.3) is 0 Å². The van der Waals surface area contributed by atoms with Crippen LogP contribution < -0.4 is 10.2 Å². The van der Waals surface area contributed by atoms with Crippen molar-refractivity contribution in [3.05, 3.63) is 22.3 Å². The highest BCUT2D eigenvalue weighted by Crippen LogP contribution is 2.24. The summed E-state index contributed by atoms with van der Waals surface area (Å²) in [5, 5.41) is 3.63.